The first-order chi connectivity index (χ1) is 6.38. The van der Waals surface area contributed by atoms with Gasteiger partial charge in [-0.05, 0) is 12.8 Å². The van der Waals surface area contributed by atoms with E-state index in [9.17, 15) is 0 Å². The number of unbranched alkanes of at least 4 members (excludes halogenated alkanes) is 1. The van der Waals surface area contributed by atoms with Gasteiger partial charge in [0.15, 0.2) is 0 Å². The van der Waals surface area contributed by atoms with Gasteiger partial charge < -0.3 is 9.30 Å². The van der Waals surface area contributed by atoms with Gasteiger partial charge in [-0.1, -0.05) is 0 Å². The van der Waals surface area contributed by atoms with E-state index in [1.165, 1.54) is 0 Å². The van der Waals surface area contributed by atoms with E-state index < -0.39 is 0 Å². The predicted octanol–water partition coefficient (Wildman–Crippen LogP) is 1.44. The average molecular weight is 204 g/mol. The molecule has 0 N–H and O–H groups in total. The summed E-state index contributed by atoms with van der Waals surface area (Å²) in [5.41, 5.74) is 0. The molecule has 1 rings (SSSR count). The van der Waals surface area contributed by atoms with E-state index in [4.69, 9.17) is 16.3 Å². The lowest BCUT2D eigenvalue weighted by Crippen LogP contribution is -2.02. The fourth-order valence-electron chi connectivity index (χ4n) is 1.10. The second-order valence-corrected chi connectivity index (χ2v) is 3.04. The maximum atomic E-state index is 5.67. The van der Waals surface area contributed by atoms with Gasteiger partial charge in [-0.25, -0.2) is 0 Å². The Kier molecular flexibility index (Phi) is 4.78. The molecule has 5 heteroatoms. The highest BCUT2D eigenvalue weighted by molar-refractivity contribution is 6.16. The van der Waals surface area contributed by atoms with Crippen molar-refractivity contribution in [2.75, 3.05) is 13.7 Å². The summed E-state index contributed by atoms with van der Waals surface area (Å²) in [5, 5.41) is 7.67. The summed E-state index contributed by atoms with van der Waals surface area (Å²) in [6.45, 7) is 1.72. The Morgan fingerprint density at radius 3 is 3.08 bits per heavy atom. The van der Waals surface area contributed by atoms with Crippen LogP contribution in [0.4, 0.5) is 0 Å². The molecule has 0 radical (unpaired) electrons. The first-order valence-corrected chi connectivity index (χ1v) is 4.83. The van der Waals surface area contributed by atoms with Crippen molar-refractivity contribution in [3.63, 3.8) is 0 Å². The molecule has 0 saturated heterocycles. The van der Waals surface area contributed by atoms with Crippen LogP contribution < -0.4 is 0 Å². The smallest absolute Gasteiger partial charge is 0.147 e. The summed E-state index contributed by atoms with van der Waals surface area (Å²) in [7, 11) is 1.71. The molecule has 4 nitrogen and oxygen atoms in total. The number of hydrogen-bond acceptors (Lipinski definition) is 3. The fraction of sp³-hybridized carbons (Fsp3) is 0.750. The summed E-state index contributed by atoms with van der Waals surface area (Å²) in [5.74, 6) is 1.25. The number of alkyl halides is 1. The summed E-state index contributed by atoms with van der Waals surface area (Å²) in [6.07, 6.45) is 3.83. The summed E-state index contributed by atoms with van der Waals surface area (Å²) in [4.78, 5) is 0. The monoisotopic (exact) mass is 203 g/mol. The van der Waals surface area contributed by atoms with Crippen LogP contribution in [0, 0.1) is 0 Å². The molecule has 0 unspecified atom stereocenters. The molecule has 0 fully saturated rings. The second kappa shape index (κ2) is 5.94. The maximum Gasteiger partial charge on any atom is 0.147 e. The maximum absolute atomic E-state index is 5.67. The van der Waals surface area contributed by atoms with Gasteiger partial charge in [0.1, 0.15) is 12.2 Å². The van der Waals surface area contributed by atoms with E-state index in [2.05, 4.69) is 10.2 Å². The van der Waals surface area contributed by atoms with Crippen molar-refractivity contribution in [2.45, 2.75) is 25.3 Å². The van der Waals surface area contributed by atoms with E-state index in [0.29, 0.717) is 5.88 Å². The molecule has 1 aromatic rings. The van der Waals surface area contributed by atoms with Crippen LogP contribution in [0.5, 0.6) is 0 Å². The third-order valence-corrected chi connectivity index (χ3v) is 2.05. The number of halogens is 1. The standard InChI is InChI=1S/C8H14ClN3O/c1-13-5-3-2-4-12-7-10-11-8(12)6-9/h7H,2-6H2,1H3. The lowest BCUT2D eigenvalue weighted by Gasteiger charge is -2.03. The topological polar surface area (TPSA) is 39.9 Å². The molecule has 0 aliphatic carbocycles. The number of rotatable bonds is 6. The van der Waals surface area contributed by atoms with Crippen molar-refractivity contribution in [2.24, 2.45) is 0 Å². The van der Waals surface area contributed by atoms with Crippen LogP contribution in [0.3, 0.4) is 0 Å². The molecular formula is C8H14ClN3O. The van der Waals surface area contributed by atoms with Crippen LogP contribution >= 0.6 is 11.6 Å². The second-order valence-electron chi connectivity index (χ2n) is 2.77. The fourth-order valence-corrected chi connectivity index (χ4v) is 1.30. The van der Waals surface area contributed by atoms with Gasteiger partial charge >= 0.3 is 0 Å². The molecule has 74 valence electrons. The van der Waals surface area contributed by atoms with Gasteiger partial charge in [0, 0.05) is 20.3 Å². The zero-order valence-electron chi connectivity index (χ0n) is 7.74. The molecule has 13 heavy (non-hydrogen) atoms. The van der Waals surface area contributed by atoms with Crippen LogP contribution in [0.1, 0.15) is 18.7 Å². The Morgan fingerprint density at radius 1 is 1.54 bits per heavy atom. The molecule has 0 amide bonds. The third-order valence-electron chi connectivity index (χ3n) is 1.81. The van der Waals surface area contributed by atoms with Crippen molar-refractivity contribution in [3.8, 4) is 0 Å². The van der Waals surface area contributed by atoms with Crippen LogP contribution in [0.15, 0.2) is 6.33 Å². The number of aryl methyl sites for hydroxylation is 1. The Hall–Kier alpha value is -0.610. The van der Waals surface area contributed by atoms with Crippen LogP contribution in [-0.4, -0.2) is 28.5 Å². The largest absolute Gasteiger partial charge is 0.385 e. The number of nitrogens with zero attached hydrogens (tertiary/aromatic N) is 3. The average Bonchev–Trinajstić information content (AvgIpc) is 2.60. The molecule has 0 bridgehead atoms. The van der Waals surface area contributed by atoms with Gasteiger partial charge in [-0.3, -0.25) is 0 Å². The van der Waals surface area contributed by atoms with Crippen LogP contribution in [0.25, 0.3) is 0 Å². The quantitative estimate of drug-likeness (QED) is 0.519. The Bertz CT molecular complexity index is 239. The minimum Gasteiger partial charge on any atom is -0.385 e. The Balaban J connectivity index is 2.27. The Labute approximate surface area is 82.9 Å². The minimum atomic E-state index is 0.421. The van der Waals surface area contributed by atoms with Crippen molar-refractivity contribution in [3.05, 3.63) is 12.2 Å². The van der Waals surface area contributed by atoms with Crippen LogP contribution in [0.2, 0.25) is 0 Å². The zero-order chi connectivity index (χ0) is 9.52. The molecular weight excluding hydrogens is 190 g/mol. The van der Waals surface area contributed by atoms with Gasteiger partial charge in [-0.2, -0.15) is 0 Å². The highest BCUT2D eigenvalue weighted by atomic mass is 35.5. The Morgan fingerprint density at radius 2 is 2.38 bits per heavy atom. The number of aromatic nitrogens is 3. The van der Waals surface area contributed by atoms with Gasteiger partial charge in [0.2, 0.25) is 0 Å². The van der Waals surface area contributed by atoms with Crippen molar-refractivity contribution >= 4 is 11.6 Å². The highest BCUT2D eigenvalue weighted by Crippen LogP contribution is 2.02. The minimum absolute atomic E-state index is 0.421. The van der Waals surface area contributed by atoms with E-state index >= 15 is 0 Å². The molecule has 0 aromatic carbocycles. The normalized spacial score (nSPS) is 10.6. The first-order valence-electron chi connectivity index (χ1n) is 4.30. The van der Waals surface area contributed by atoms with Crippen molar-refractivity contribution < 1.29 is 4.74 Å². The molecule has 0 atom stereocenters. The number of methoxy groups -OCH3 is 1. The van der Waals surface area contributed by atoms with E-state index in [1.807, 2.05) is 4.57 Å². The summed E-state index contributed by atoms with van der Waals surface area (Å²) < 4.78 is 6.93. The molecule has 0 aliphatic rings. The van der Waals surface area contributed by atoms with Gasteiger partial charge in [-0.15, -0.1) is 21.8 Å². The van der Waals surface area contributed by atoms with Gasteiger partial charge in [0.05, 0.1) is 5.88 Å². The molecule has 1 heterocycles. The molecule has 0 aliphatic heterocycles. The highest BCUT2D eigenvalue weighted by Gasteiger charge is 2.00. The zero-order valence-corrected chi connectivity index (χ0v) is 8.50. The van der Waals surface area contributed by atoms with Gasteiger partial charge in [0.25, 0.3) is 0 Å². The lowest BCUT2D eigenvalue weighted by molar-refractivity contribution is 0.191. The molecule has 1 aromatic heterocycles. The van der Waals surface area contributed by atoms with E-state index in [-0.39, 0.29) is 0 Å². The van der Waals surface area contributed by atoms with Crippen LogP contribution in [-0.2, 0) is 17.2 Å². The number of hydrogen-bond donors (Lipinski definition) is 0. The number of ether oxygens (including phenoxy) is 1. The lowest BCUT2D eigenvalue weighted by atomic mass is 10.3. The SMILES string of the molecule is COCCCCn1cnnc1CCl. The molecule has 0 spiro atoms. The predicted molar refractivity (Wildman–Crippen MR) is 50.7 cm³/mol. The molecule has 0 saturated carbocycles. The summed E-state index contributed by atoms with van der Waals surface area (Å²) >= 11 is 5.67. The van der Waals surface area contributed by atoms with Crippen molar-refractivity contribution in [1.82, 2.24) is 14.8 Å². The third kappa shape index (κ3) is 3.32. The summed E-state index contributed by atoms with van der Waals surface area (Å²) in [6, 6.07) is 0. The van der Waals surface area contributed by atoms with Crippen molar-refractivity contribution in [1.29, 1.82) is 0 Å². The van der Waals surface area contributed by atoms with E-state index in [0.717, 1.165) is 31.8 Å². The first kappa shape index (κ1) is 10.5. The van der Waals surface area contributed by atoms with E-state index in [1.54, 1.807) is 13.4 Å².